The van der Waals surface area contributed by atoms with Crippen molar-refractivity contribution < 1.29 is 19.1 Å². The number of nitrogens with zero attached hydrogens (tertiary/aromatic N) is 3. The van der Waals surface area contributed by atoms with Gasteiger partial charge in [-0.05, 0) is 66.8 Å². The highest BCUT2D eigenvalue weighted by molar-refractivity contribution is 6.06. The van der Waals surface area contributed by atoms with E-state index in [4.69, 9.17) is 9.47 Å². The minimum Gasteiger partial charge on any atom is -0.444 e. The molecule has 0 aromatic heterocycles. The molecular formula is C22H35N5O4. The van der Waals surface area contributed by atoms with Gasteiger partial charge in [0.1, 0.15) is 11.2 Å². The average molecular weight is 434 g/mol. The van der Waals surface area contributed by atoms with Crippen molar-refractivity contribution in [1.29, 1.82) is 0 Å². The third kappa shape index (κ3) is 9.25. The van der Waals surface area contributed by atoms with Crippen molar-refractivity contribution in [2.75, 3.05) is 43.4 Å². The van der Waals surface area contributed by atoms with E-state index in [0.717, 1.165) is 31.9 Å². The van der Waals surface area contributed by atoms with Crippen LogP contribution >= 0.6 is 0 Å². The summed E-state index contributed by atoms with van der Waals surface area (Å²) in [5.41, 5.74) is 0.322. The predicted octanol–water partition coefficient (Wildman–Crippen LogP) is 3.67. The molecule has 1 saturated heterocycles. The molecule has 0 saturated carbocycles. The van der Waals surface area contributed by atoms with E-state index >= 15 is 0 Å². The smallest absolute Gasteiger partial charge is 0.437 e. The van der Waals surface area contributed by atoms with E-state index in [1.54, 1.807) is 41.5 Å². The number of hydrogen-bond donors (Lipinski definition) is 2. The van der Waals surface area contributed by atoms with Crippen LogP contribution in [-0.2, 0) is 9.47 Å². The molecule has 1 aliphatic heterocycles. The number of anilines is 2. The van der Waals surface area contributed by atoms with Crippen LogP contribution in [0.25, 0.3) is 0 Å². The van der Waals surface area contributed by atoms with Crippen LogP contribution in [0.3, 0.4) is 0 Å². The number of nitrogens with one attached hydrogen (secondary N) is 2. The summed E-state index contributed by atoms with van der Waals surface area (Å²) < 4.78 is 10.5. The summed E-state index contributed by atoms with van der Waals surface area (Å²) in [6.45, 7) is 14.3. The highest BCUT2D eigenvalue weighted by Crippen LogP contribution is 2.21. The second-order valence-corrected chi connectivity index (χ2v) is 9.53. The van der Waals surface area contributed by atoms with E-state index in [9.17, 15) is 9.59 Å². The molecule has 0 bridgehead atoms. The van der Waals surface area contributed by atoms with Crippen molar-refractivity contribution in [3.05, 3.63) is 24.3 Å². The number of carbonyl (C=O) groups excluding carboxylic acids is 2. The van der Waals surface area contributed by atoms with Crippen LogP contribution in [0.5, 0.6) is 0 Å². The number of aliphatic imine (C=N–C) groups is 1. The predicted molar refractivity (Wildman–Crippen MR) is 123 cm³/mol. The van der Waals surface area contributed by atoms with E-state index in [1.807, 2.05) is 24.3 Å². The van der Waals surface area contributed by atoms with Crippen LogP contribution < -0.4 is 15.5 Å². The molecule has 172 valence electrons. The number of rotatable bonds is 2. The fourth-order valence-electron chi connectivity index (χ4n) is 2.85. The van der Waals surface area contributed by atoms with E-state index in [0.29, 0.717) is 5.69 Å². The first-order valence-electron chi connectivity index (χ1n) is 10.4. The number of carbonyl (C=O) groups is 2. The number of hydrogen-bond acceptors (Lipinski definition) is 6. The molecule has 1 aromatic rings. The first-order chi connectivity index (χ1) is 14.3. The Morgan fingerprint density at radius 1 is 0.968 bits per heavy atom. The molecule has 0 unspecified atom stereocenters. The molecule has 31 heavy (non-hydrogen) atoms. The van der Waals surface area contributed by atoms with Crippen molar-refractivity contribution in [3.63, 3.8) is 0 Å². The van der Waals surface area contributed by atoms with Gasteiger partial charge in [0, 0.05) is 37.6 Å². The van der Waals surface area contributed by atoms with E-state index < -0.39 is 23.4 Å². The summed E-state index contributed by atoms with van der Waals surface area (Å²) >= 11 is 0. The Morgan fingerprint density at radius 3 is 2.16 bits per heavy atom. The van der Waals surface area contributed by atoms with E-state index in [2.05, 4.69) is 32.5 Å². The van der Waals surface area contributed by atoms with Gasteiger partial charge in [-0.15, -0.1) is 4.99 Å². The van der Waals surface area contributed by atoms with Gasteiger partial charge in [0.25, 0.3) is 0 Å². The maximum Gasteiger partial charge on any atom is 0.437 e. The maximum absolute atomic E-state index is 12.3. The zero-order valence-electron chi connectivity index (χ0n) is 19.6. The minimum absolute atomic E-state index is 0.0703. The Bertz CT molecular complexity index is 803. The molecule has 0 atom stereocenters. The number of ether oxygens (including phenoxy) is 2. The molecule has 1 fully saturated rings. The first-order valence-corrected chi connectivity index (χ1v) is 10.4. The van der Waals surface area contributed by atoms with Crippen molar-refractivity contribution in [2.24, 2.45) is 4.99 Å². The van der Waals surface area contributed by atoms with Crippen molar-refractivity contribution >= 4 is 29.5 Å². The molecule has 1 heterocycles. The van der Waals surface area contributed by atoms with Crippen LogP contribution in [-0.4, -0.2) is 67.5 Å². The van der Waals surface area contributed by atoms with E-state index in [-0.39, 0.29) is 5.96 Å². The zero-order valence-corrected chi connectivity index (χ0v) is 19.6. The van der Waals surface area contributed by atoms with Crippen LogP contribution in [0.2, 0.25) is 0 Å². The van der Waals surface area contributed by atoms with Gasteiger partial charge < -0.3 is 24.6 Å². The SMILES string of the molecule is CN1CCN(c2cccc(N/C(=N\C(=O)OC(C)(C)C)NC(=O)OC(C)(C)C)c2)CC1. The molecule has 1 aromatic carbocycles. The fourth-order valence-corrected chi connectivity index (χ4v) is 2.85. The van der Waals surface area contributed by atoms with Gasteiger partial charge in [0.05, 0.1) is 0 Å². The number of alkyl carbamates (subject to hydrolysis) is 1. The van der Waals surface area contributed by atoms with Gasteiger partial charge in [0.15, 0.2) is 0 Å². The molecule has 2 rings (SSSR count). The lowest BCUT2D eigenvalue weighted by molar-refractivity contribution is 0.0562. The number of likely N-dealkylation sites (N-methyl/N-ethyl adjacent to an activating group) is 1. The summed E-state index contributed by atoms with van der Waals surface area (Å²) in [4.78, 5) is 32.9. The quantitative estimate of drug-likeness (QED) is 0.543. The lowest BCUT2D eigenvalue weighted by atomic mass is 10.2. The Morgan fingerprint density at radius 2 is 1.58 bits per heavy atom. The Balaban J connectivity index is 2.19. The molecule has 0 spiro atoms. The highest BCUT2D eigenvalue weighted by Gasteiger charge is 2.21. The summed E-state index contributed by atoms with van der Waals surface area (Å²) in [6, 6.07) is 7.73. The molecule has 2 N–H and O–H groups in total. The Hall–Kier alpha value is -2.81. The van der Waals surface area contributed by atoms with Crippen molar-refractivity contribution in [3.8, 4) is 0 Å². The van der Waals surface area contributed by atoms with Gasteiger partial charge in [0.2, 0.25) is 5.96 Å². The topological polar surface area (TPSA) is 95.5 Å². The van der Waals surface area contributed by atoms with E-state index in [1.165, 1.54) is 0 Å². The number of amides is 2. The highest BCUT2D eigenvalue weighted by atomic mass is 16.6. The van der Waals surface area contributed by atoms with Crippen molar-refractivity contribution in [2.45, 2.75) is 52.7 Å². The molecular weight excluding hydrogens is 398 g/mol. The second kappa shape index (κ2) is 10.00. The molecule has 2 amide bonds. The lowest BCUT2D eigenvalue weighted by Gasteiger charge is -2.34. The van der Waals surface area contributed by atoms with Crippen molar-refractivity contribution in [1.82, 2.24) is 10.2 Å². The summed E-state index contributed by atoms with van der Waals surface area (Å²) in [5.74, 6) is -0.0703. The largest absolute Gasteiger partial charge is 0.444 e. The first kappa shape index (κ1) is 24.5. The van der Waals surface area contributed by atoms with Crippen LogP contribution in [0.15, 0.2) is 29.3 Å². The van der Waals surface area contributed by atoms with Crippen LogP contribution in [0, 0.1) is 0 Å². The standard InChI is InChI=1S/C22H35N5O4/c1-21(2,3)30-19(28)24-18(25-20(29)31-22(4,5)6)23-16-9-8-10-17(15-16)27-13-11-26(7)12-14-27/h8-10,15H,11-14H2,1-7H3,(H2,23,24,25,28,29). The molecule has 9 nitrogen and oxygen atoms in total. The monoisotopic (exact) mass is 433 g/mol. The lowest BCUT2D eigenvalue weighted by Crippen LogP contribution is -2.44. The number of guanidine groups is 1. The Labute approximate surface area is 184 Å². The van der Waals surface area contributed by atoms with Gasteiger partial charge in [-0.1, -0.05) is 6.07 Å². The molecule has 0 aliphatic carbocycles. The normalized spacial score (nSPS) is 16.0. The number of piperazine rings is 1. The van der Waals surface area contributed by atoms with Gasteiger partial charge in [-0.25, -0.2) is 9.59 Å². The fraction of sp³-hybridized carbons (Fsp3) is 0.591. The van der Waals surface area contributed by atoms with Gasteiger partial charge in [-0.2, -0.15) is 0 Å². The summed E-state index contributed by atoms with van der Waals surface area (Å²) in [6.07, 6.45) is -1.54. The summed E-state index contributed by atoms with van der Waals surface area (Å²) in [5, 5.41) is 5.50. The zero-order chi connectivity index (χ0) is 23.2. The average Bonchev–Trinajstić information content (AvgIpc) is 2.59. The van der Waals surface area contributed by atoms with Crippen LogP contribution in [0.4, 0.5) is 21.0 Å². The Kier molecular flexibility index (Phi) is 7.89. The molecule has 1 aliphatic rings. The second-order valence-electron chi connectivity index (χ2n) is 9.53. The van der Waals surface area contributed by atoms with Gasteiger partial charge in [-0.3, -0.25) is 5.32 Å². The van der Waals surface area contributed by atoms with Gasteiger partial charge >= 0.3 is 12.2 Å². The number of benzene rings is 1. The minimum atomic E-state index is -0.818. The molecule has 0 radical (unpaired) electrons. The third-order valence-electron chi connectivity index (χ3n) is 4.19. The van der Waals surface area contributed by atoms with Crippen LogP contribution in [0.1, 0.15) is 41.5 Å². The molecule has 9 heteroatoms. The maximum atomic E-state index is 12.3. The summed E-state index contributed by atoms with van der Waals surface area (Å²) in [7, 11) is 2.11. The third-order valence-corrected chi connectivity index (χ3v) is 4.19.